The van der Waals surface area contributed by atoms with E-state index < -0.39 is 0 Å². The summed E-state index contributed by atoms with van der Waals surface area (Å²) >= 11 is 0. The summed E-state index contributed by atoms with van der Waals surface area (Å²) in [5.41, 5.74) is 0.277. The number of nitrogens with one attached hydrogen (secondary N) is 1. The lowest BCUT2D eigenvalue weighted by Crippen LogP contribution is -2.20. The van der Waals surface area contributed by atoms with Crippen molar-refractivity contribution in [2.75, 3.05) is 7.05 Å². The molecule has 0 saturated carbocycles. The van der Waals surface area contributed by atoms with Crippen LogP contribution in [0.5, 0.6) is 0 Å². The third-order valence-electron chi connectivity index (χ3n) is 1.70. The minimum absolute atomic E-state index is 0.277. The second-order valence-corrected chi connectivity index (χ2v) is 2.69. The number of halogens is 1. The lowest BCUT2D eigenvalue weighted by atomic mass is 10.1. The van der Waals surface area contributed by atoms with E-state index in [9.17, 15) is 9.18 Å². The Labute approximate surface area is 72.8 Å². The predicted molar refractivity (Wildman–Crippen MR) is 47.4 cm³/mol. The Morgan fingerprint density at radius 3 is 2.42 bits per heavy atom. The molecule has 0 bridgehead atoms. The van der Waals surface area contributed by atoms with Gasteiger partial charge in [0.15, 0.2) is 0 Å². The van der Waals surface area contributed by atoms with Gasteiger partial charge in [-0.15, -0.1) is 0 Å². The number of hydrogen-bond acceptors (Lipinski definition) is 1. The highest BCUT2D eigenvalue weighted by Gasteiger charge is 2.10. The lowest BCUT2D eigenvalue weighted by Gasteiger charge is -2.04. The Bertz CT molecular complexity index is 183. The number of rotatable bonds is 4. The van der Waals surface area contributed by atoms with Gasteiger partial charge in [-0.1, -0.05) is 13.3 Å². The molecule has 0 spiro atoms. The quantitative estimate of drug-likeness (QED) is 0.648. The van der Waals surface area contributed by atoms with E-state index in [4.69, 9.17) is 0 Å². The summed E-state index contributed by atoms with van der Waals surface area (Å²) in [5.74, 6) is -0.675. The number of allylic oxidation sites excluding steroid dienone is 1. The van der Waals surface area contributed by atoms with Gasteiger partial charge in [0.2, 0.25) is 5.91 Å². The first kappa shape index (κ1) is 11.1. The largest absolute Gasteiger partial charge is 0.355 e. The second-order valence-electron chi connectivity index (χ2n) is 2.69. The Balaban J connectivity index is 4.26. The average Bonchev–Trinajstić information content (AvgIpc) is 2.04. The zero-order chi connectivity index (χ0) is 9.56. The molecule has 0 aliphatic heterocycles. The van der Waals surface area contributed by atoms with E-state index in [2.05, 4.69) is 5.32 Å². The summed E-state index contributed by atoms with van der Waals surface area (Å²) in [7, 11) is 1.51. The van der Waals surface area contributed by atoms with Gasteiger partial charge in [-0.2, -0.15) is 0 Å². The third-order valence-corrected chi connectivity index (χ3v) is 1.70. The SMILES string of the molecule is CCCC/C(C(=O)NC)=C(\C)F. The number of amides is 1. The number of unbranched alkanes of at least 4 members (excludes halogenated alkanes) is 1. The maximum atomic E-state index is 12.7. The fourth-order valence-corrected chi connectivity index (χ4v) is 0.947. The molecule has 1 N–H and O–H groups in total. The average molecular weight is 173 g/mol. The molecule has 3 heteroatoms. The van der Waals surface area contributed by atoms with E-state index in [0.717, 1.165) is 12.8 Å². The van der Waals surface area contributed by atoms with Crippen molar-refractivity contribution in [1.29, 1.82) is 0 Å². The van der Waals surface area contributed by atoms with E-state index in [1.165, 1.54) is 14.0 Å². The number of hydrogen-bond donors (Lipinski definition) is 1. The molecule has 0 aromatic rings. The van der Waals surface area contributed by atoms with Crippen LogP contribution in [0.4, 0.5) is 4.39 Å². The van der Waals surface area contributed by atoms with Crippen LogP contribution in [0, 0.1) is 0 Å². The van der Waals surface area contributed by atoms with Gasteiger partial charge < -0.3 is 5.32 Å². The van der Waals surface area contributed by atoms with Crippen LogP contribution in [0.2, 0.25) is 0 Å². The van der Waals surface area contributed by atoms with Crippen molar-refractivity contribution in [3.05, 3.63) is 11.4 Å². The van der Waals surface area contributed by atoms with Crippen LogP contribution in [0.1, 0.15) is 33.1 Å². The molecule has 0 fully saturated rings. The van der Waals surface area contributed by atoms with Crippen LogP contribution in [-0.2, 0) is 4.79 Å². The molecule has 0 heterocycles. The zero-order valence-electron chi connectivity index (χ0n) is 7.91. The Morgan fingerprint density at radius 2 is 2.08 bits per heavy atom. The van der Waals surface area contributed by atoms with E-state index in [1.807, 2.05) is 6.92 Å². The molecule has 0 saturated heterocycles. The van der Waals surface area contributed by atoms with Gasteiger partial charge in [0.05, 0.1) is 0 Å². The van der Waals surface area contributed by atoms with Gasteiger partial charge in [0.1, 0.15) is 5.83 Å². The zero-order valence-corrected chi connectivity index (χ0v) is 7.91. The van der Waals surface area contributed by atoms with Crippen molar-refractivity contribution in [2.24, 2.45) is 0 Å². The highest BCUT2D eigenvalue weighted by atomic mass is 19.1. The van der Waals surface area contributed by atoms with Crippen molar-refractivity contribution in [3.63, 3.8) is 0 Å². The van der Waals surface area contributed by atoms with Crippen LogP contribution in [0.15, 0.2) is 11.4 Å². The molecule has 12 heavy (non-hydrogen) atoms. The van der Waals surface area contributed by atoms with Gasteiger partial charge >= 0.3 is 0 Å². The smallest absolute Gasteiger partial charge is 0.249 e. The number of carbonyl (C=O) groups excluding carboxylic acids is 1. The molecule has 0 unspecified atom stereocenters. The van der Waals surface area contributed by atoms with Crippen molar-refractivity contribution in [3.8, 4) is 0 Å². The summed E-state index contributed by atoms with van der Waals surface area (Å²) in [6, 6.07) is 0. The molecular weight excluding hydrogens is 157 g/mol. The van der Waals surface area contributed by atoms with Crippen molar-refractivity contribution < 1.29 is 9.18 Å². The minimum Gasteiger partial charge on any atom is -0.355 e. The first-order valence-corrected chi connectivity index (χ1v) is 4.20. The summed E-state index contributed by atoms with van der Waals surface area (Å²) in [5, 5.41) is 2.42. The standard InChI is InChI=1S/C9H16FNO/c1-4-5-6-8(7(2)10)9(12)11-3/h4-6H2,1-3H3,(H,11,12)/b8-7-. The lowest BCUT2D eigenvalue weighted by molar-refractivity contribution is -0.117. The van der Waals surface area contributed by atoms with Crippen molar-refractivity contribution in [2.45, 2.75) is 33.1 Å². The number of carbonyl (C=O) groups is 1. The van der Waals surface area contributed by atoms with Crippen LogP contribution in [-0.4, -0.2) is 13.0 Å². The van der Waals surface area contributed by atoms with E-state index in [0.29, 0.717) is 6.42 Å². The van der Waals surface area contributed by atoms with Gasteiger partial charge in [0, 0.05) is 12.6 Å². The van der Waals surface area contributed by atoms with Crippen LogP contribution >= 0.6 is 0 Å². The van der Waals surface area contributed by atoms with Crippen molar-refractivity contribution >= 4 is 5.91 Å². The van der Waals surface area contributed by atoms with Crippen LogP contribution in [0.3, 0.4) is 0 Å². The highest BCUT2D eigenvalue weighted by molar-refractivity contribution is 5.93. The fourth-order valence-electron chi connectivity index (χ4n) is 0.947. The molecule has 0 aromatic carbocycles. The van der Waals surface area contributed by atoms with E-state index >= 15 is 0 Å². The molecule has 0 aliphatic carbocycles. The van der Waals surface area contributed by atoms with Gasteiger partial charge in [-0.25, -0.2) is 4.39 Å². The maximum absolute atomic E-state index is 12.7. The molecule has 1 amide bonds. The summed E-state index contributed by atoms with van der Waals surface area (Å²) in [6.45, 7) is 3.33. The Kier molecular flexibility index (Phi) is 5.34. The van der Waals surface area contributed by atoms with Gasteiger partial charge in [-0.05, 0) is 19.8 Å². The Hall–Kier alpha value is -0.860. The molecule has 2 nitrogen and oxygen atoms in total. The van der Waals surface area contributed by atoms with Crippen LogP contribution < -0.4 is 5.32 Å². The monoisotopic (exact) mass is 173 g/mol. The topological polar surface area (TPSA) is 29.1 Å². The fraction of sp³-hybridized carbons (Fsp3) is 0.667. The first-order chi connectivity index (χ1) is 5.63. The molecule has 0 aromatic heterocycles. The first-order valence-electron chi connectivity index (χ1n) is 4.20. The molecule has 0 atom stereocenters. The van der Waals surface area contributed by atoms with E-state index in [1.54, 1.807) is 0 Å². The van der Waals surface area contributed by atoms with Crippen molar-refractivity contribution in [1.82, 2.24) is 5.32 Å². The summed E-state index contributed by atoms with van der Waals surface area (Å²) in [4.78, 5) is 11.1. The Morgan fingerprint density at radius 1 is 1.50 bits per heavy atom. The number of likely N-dealkylation sites (N-methyl/N-ethyl adjacent to an activating group) is 1. The molecule has 70 valence electrons. The minimum atomic E-state index is -0.372. The molecular formula is C9H16FNO. The van der Waals surface area contributed by atoms with E-state index in [-0.39, 0.29) is 17.3 Å². The third kappa shape index (κ3) is 3.51. The molecule has 0 rings (SSSR count). The van der Waals surface area contributed by atoms with Gasteiger partial charge in [0.25, 0.3) is 0 Å². The predicted octanol–water partition coefficient (Wildman–Crippen LogP) is 2.17. The second kappa shape index (κ2) is 5.75. The molecule has 0 radical (unpaired) electrons. The normalized spacial score (nSPS) is 12.3. The van der Waals surface area contributed by atoms with Gasteiger partial charge in [-0.3, -0.25) is 4.79 Å². The van der Waals surface area contributed by atoms with Crippen LogP contribution in [0.25, 0.3) is 0 Å². The summed E-state index contributed by atoms with van der Waals surface area (Å²) < 4.78 is 12.7. The summed E-state index contributed by atoms with van der Waals surface area (Å²) in [6.07, 6.45) is 2.34. The maximum Gasteiger partial charge on any atom is 0.249 e. The highest BCUT2D eigenvalue weighted by Crippen LogP contribution is 2.13. The molecule has 0 aliphatic rings.